The molecule has 1 saturated heterocycles. The average molecular weight is 262 g/mol. The predicted molar refractivity (Wildman–Crippen MR) is 77.6 cm³/mol. The van der Waals surface area contributed by atoms with Gasteiger partial charge in [-0.25, -0.2) is 4.68 Å². The first-order valence-electron chi connectivity index (χ1n) is 6.90. The highest BCUT2D eigenvalue weighted by Crippen LogP contribution is 2.16. The van der Waals surface area contributed by atoms with Gasteiger partial charge < -0.3 is 10.2 Å². The lowest BCUT2D eigenvalue weighted by Gasteiger charge is -2.17. The molecule has 1 fully saturated rings. The topological polar surface area (TPSA) is 50.2 Å². The van der Waals surface area contributed by atoms with Gasteiger partial charge in [-0.2, -0.15) is 5.10 Å². The Hall–Kier alpha value is -1.62. The quantitative estimate of drug-likeness (QED) is 0.777. The molecule has 0 amide bonds. The zero-order valence-corrected chi connectivity index (χ0v) is 11.6. The molecule has 1 aliphatic rings. The number of hydrogen-bond donors (Lipinski definition) is 1. The van der Waals surface area contributed by atoms with Crippen LogP contribution in [0.1, 0.15) is 19.8 Å². The minimum absolute atomic E-state index is 0.0537. The molecule has 5 nitrogen and oxygen atoms in total. The highest BCUT2D eigenvalue weighted by Gasteiger charge is 2.13. The van der Waals surface area contributed by atoms with E-state index in [-0.39, 0.29) is 5.56 Å². The Kier molecular flexibility index (Phi) is 4.74. The van der Waals surface area contributed by atoms with Gasteiger partial charge in [0.15, 0.2) is 0 Å². The molecular weight excluding hydrogens is 240 g/mol. The maximum absolute atomic E-state index is 12.0. The Morgan fingerprint density at radius 2 is 2.21 bits per heavy atom. The van der Waals surface area contributed by atoms with Crippen LogP contribution in [0, 0.1) is 0 Å². The van der Waals surface area contributed by atoms with E-state index in [1.165, 1.54) is 17.5 Å². The molecule has 0 aromatic carbocycles. The molecule has 1 aliphatic heterocycles. The van der Waals surface area contributed by atoms with Gasteiger partial charge in [0.25, 0.3) is 5.56 Å². The molecule has 2 rings (SSSR count). The first-order chi connectivity index (χ1) is 9.20. The number of nitrogens with one attached hydrogen (secondary N) is 1. The van der Waals surface area contributed by atoms with Crippen LogP contribution in [0.3, 0.4) is 0 Å². The van der Waals surface area contributed by atoms with Crippen LogP contribution in [0.25, 0.3) is 0 Å². The third-order valence-electron chi connectivity index (χ3n) is 3.32. The van der Waals surface area contributed by atoms with E-state index in [0.717, 1.165) is 37.4 Å². The van der Waals surface area contributed by atoms with Gasteiger partial charge in [0.2, 0.25) is 0 Å². The van der Waals surface area contributed by atoms with Gasteiger partial charge in [0.1, 0.15) is 0 Å². The summed E-state index contributed by atoms with van der Waals surface area (Å²) in [6, 6.07) is 1.68. The van der Waals surface area contributed by atoms with Crippen molar-refractivity contribution in [2.75, 3.05) is 31.1 Å². The van der Waals surface area contributed by atoms with Crippen molar-refractivity contribution in [2.24, 2.45) is 0 Å². The Morgan fingerprint density at radius 3 is 2.84 bits per heavy atom. The van der Waals surface area contributed by atoms with Crippen molar-refractivity contribution in [1.29, 1.82) is 0 Å². The zero-order valence-electron chi connectivity index (χ0n) is 11.6. The normalized spacial score (nSPS) is 14.9. The third kappa shape index (κ3) is 3.67. The summed E-state index contributed by atoms with van der Waals surface area (Å²) in [5, 5.41) is 7.44. The summed E-state index contributed by atoms with van der Waals surface area (Å²) < 4.78 is 1.47. The van der Waals surface area contributed by atoms with Gasteiger partial charge in [-0.05, 0) is 25.0 Å². The highest BCUT2D eigenvalue weighted by molar-refractivity contribution is 5.43. The lowest BCUT2D eigenvalue weighted by molar-refractivity contribution is 0.609. The van der Waals surface area contributed by atoms with Crippen molar-refractivity contribution < 1.29 is 0 Å². The van der Waals surface area contributed by atoms with Gasteiger partial charge in [-0.1, -0.05) is 13.5 Å². The SMILES string of the molecule is C=C(CNCC)Cn1ncc(N2CCCC2)cc1=O. The van der Waals surface area contributed by atoms with Crippen molar-refractivity contribution >= 4 is 5.69 Å². The maximum atomic E-state index is 12.0. The number of rotatable bonds is 6. The molecule has 19 heavy (non-hydrogen) atoms. The molecule has 5 heteroatoms. The van der Waals surface area contributed by atoms with Gasteiger partial charge in [0.05, 0.1) is 18.4 Å². The molecule has 0 saturated carbocycles. The summed E-state index contributed by atoms with van der Waals surface area (Å²) >= 11 is 0. The summed E-state index contributed by atoms with van der Waals surface area (Å²) in [5.41, 5.74) is 1.85. The number of anilines is 1. The molecule has 0 atom stereocenters. The van der Waals surface area contributed by atoms with E-state index in [2.05, 4.69) is 21.9 Å². The fourth-order valence-electron chi connectivity index (χ4n) is 2.26. The fraction of sp³-hybridized carbons (Fsp3) is 0.571. The number of nitrogens with zero attached hydrogens (tertiary/aromatic N) is 3. The Bertz CT molecular complexity index is 488. The first kappa shape index (κ1) is 13.8. The number of hydrogen-bond acceptors (Lipinski definition) is 4. The minimum atomic E-state index is -0.0537. The molecule has 104 valence electrons. The summed E-state index contributed by atoms with van der Waals surface area (Å²) in [5.74, 6) is 0. The van der Waals surface area contributed by atoms with Crippen molar-refractivity contribution in [3.8, 4) is 0 Å². The summed E-state index contributed by atoms with van der Waals surface area (Å²) in [7, 11) is 0. The van der Waals surface area contributed by atoms with E-state index >= 15 is 0 Å². The molecule has 0 bridgehead atoms. The van der Waals surface area contributed by atoms with Crippen LogP contribution in [0.5, 0.6) is 0 Å². The van der Waals surface area contributed by atoms with Crippen LogP contribution in [0.2, 0.25) is 0 Å². The molecule has 0 unspecified atom stereocenters. The molecule has 1 aromatic heterocycles. The van der Waals surface area contributed by atoms with E-state index < -0.39 is 0 Å². The van der Waals surface area contributed by atoms with Crippen LogP contribution in [0.15, 0.2) is 29.2 Å². The second kappa shape index (κ2) is 6.52. The van der Waals surface area contributed by atoms with E-state index in [1.54, 1.807) is 12.3 Å². The second-order valence-corrected chi connectivity index (χ2v) is 4.93. The first-order valence-corrected chi connectivity index (χ1v) is 6.90. The van der Waals surface area contributed by atoms with Gasteiger partial charge in [0, 0.05) is 25.7 Å². The summed E-state index contributed by atoms with van der Waals surface area (Å²) in [6.07, 6.45) is 4.18. The zero-order chi connectivity index (χ0) is 13.7. The van der Waals surface area contributed by atoms with E-state index in [4.69, 9.17) is 0 Å². The van der Waals surface area contributed by atoms with Crippen molar-refractivity contribution in [3.05, 3.63) is 34.8 Å². The molecule has 0 radical (unpaired) electrons. The van der Waals surface area contributed by atoms with E-state index in [9.17, 15) is 4.79 Å². The fourth-order valence-corrected chi connectivity index (χ4v) is 2.26. The third-order valence-corrected chi connectivity index (χ3v) is 3.32. The number of likely N-dealkylation sites (N-methyl/N-ethyl adjacent to an activating group) is 1. The maximum Gasteiger partial charge on any atom is 0.269 e. The molecule has 2 heterocycles. The molecular formula is C14H22N4O. The molecule has 0 spiro atoms. The predicted octanol–water partition coefficient (Wildman–Crippen LogP) is 1.01. The van der Waals surface area contributed by atoms with Crippen LogP contribution in [-0.4, -0.2) is 36.0 Å². The van der Waals surface area contributed by atoms with Crippen LogP contribution in [-0.2, 0) is 6.54 Å². The van der Waals surface area contributed by atoms with Crippen molar-refractivity contribution in [3.63, 3.8) is 0 Å². The Labute approximate surface area is 113 Å². The monoisotopic (exact) mass is 262 g/mol. The highest BCUT2D eigenvalue weighted by atomic mass is 16.1. The van der Waals surface area contributed by atoms with Crippen molar-refractivity contribution in [2.45, 2.75) is 26.3 Å². The Balaban J connectivity index is 2.02. The minimum Gasteiger partial charge on any atom is -0.370 e. The van der Waals surface area contributed by atoms with Gasteiger partial charge in [-0.15, -0.1) is 0 Å². The van der Waals surface area contributed by atoms with Gasteiger partial charge >= 0.3 is 0 Å². The van der Waals surface area contributed by atoms with Crippen LogP contribution in [0.4, 0.5) is 5.69 Å². The molecule has 0 aliphatic carbocycles. The number of aromatic nitrogens is 2. The van der Waals surface area contributed by atoms with Crippen molar-refractivity contribution in [1.82, 2.24) is 15.1 Å². The summed E-state index contributed by atoms with van der Waals surface area (Å²) in [6.45, 7) is 10.1. The van der Waals surface area contributed by atoms with Gasteiger partial charge in [-0.3, -0.25) is 4.79 Å². The average Bonchev–Trinajstić information content (AvgIpc) is 2.92. The second-order valence-electron chi connectivity index (χ2n) is 4.93. The lowest BCUT2D eigenvalue weighted by Crippen LogP contribution is -2.28. The largest absolute Gasteiger partial charge is 0.370 e. The van der Waals surface area contributed by atoms with Crippen LogP contribution < -0.4 is 15.8 Å². The standard InChI is InChI=1S/C14H22N4O/c1-3-15-9-12(2)11-18-14(19)8-13(10-16-18)17-6-4-5-7-17/h8,10,15H,2-7,9,11H2,1H3. The van der Waals surface area contributed by atoms with Crippen LogP contribution >= 0.6 is 0 Å². The summed E-state index contributed by atoms with van der Waals surface area (Å²) in [4.78, 5) is 14.2. The lowest BCUT2D eigenvalue weighted by atomic mass is 10.3. The Morgan fingerprint density at radius 1 is 1.47 bits per heavy atom. The molecule has 1 N–H and O–H groups in total. The molecule has 1 aromatic rings. The van der Waals surface area contributed by atoms with E-state index in [0.29, 0.717) is 6.54 Å². The van der Waals surface area contributed by atoms with E-state index in [1.807, 2.05) is 6.92 Å². The smallest absolute Gasteiger partial charge is 0.269 e.